The molecule has 0 radical (unpaired) electrons. The molecule has 2 unspecified atom stereocenters. The first-order valence-electron chi connectivity index (χ1n) is 19.1. The monoisotopic (exact) mass is 832 g/mol. The van der Waals surface area contributed by atoms with E-state index in [1.54, 1.807) is 18.2 Å². The lowest BCUT2D eigenvalue weighted by Gasteiger charge is -2.47. The molecule has 14 heteroatoms. The predicted octanol–water partition coefficient (Wildman–Crippen LogP) is 7.15. The fourth-order valence-electron chi connectivity index (χ4n) is 8.69. The summed E-state index contributed by atoms with van der Waals surface area (Å²) >= 11 is 0. The van der Waals surface area contributed by atoms with Crippen LogP contribution in [0.4, 0.5) is 0 Å². The summed E-state index contributed by atoms with van der Waals surface area (Å²) in [5, 5.41) is 2.68. The van der Waals surface area contributed by atoms with Crippen LogP contribution in [0.3, 0.4) is 0 Å². The van der Waals surface area contributed by atoms with Gasteiger partial charge in [-0.3, -0.25) is 4.79 Å². The molecule has 1 aromatic heterocycles. The molecule has 0 aliphatic carbocycles. The molecule has 0 saturated carbocycles. The summed E-state index contributed by atoms with van der Waals surface area (Å²) in [7, 11) is 5.14. The molecule has 2 aliphatic heterocycles. The molecule has 1 spiro atoms. The van der Waals surface area contributed by atoms with E-state index in [1.165, 1.54) is 48.7 Å². The van der Waals surface area contributed by atoms with Crippen LogP contribution in [0.15, 0.2) is 94.1 Å². The Labute approximate surface area is 346 Å². The molecule has 0 N–H and O–H groups in total. The zero-order valence-corrected chi connectivity index (χ0v) is 35.7. The van der Waals surface area contributed by atoms with Crippen LogP contribution in [-0.2, 0) is 9.16 Å². The van der Waals surface area contributed by atoms with Crippen molar-refractivity contribution in [2.45, 2.75) is 44.1 Å². The van der Waals surface area contributed by atoms with E-state index in [-0.39, 0.29) is 46.1 Å². The van der Waals surface area contributed by atoms with Gasteiger partial charge in [-0.1, -0.05) is 81.4 Å². The Balaban J connectivity index is 1.43. The highest BCUT2D eigenvalue weighted by molar-refractivity contribution is 6.99. The number of ether oxygens (including phenoxy) is 8. The van der Waals surface area contributed by atoms with E-state index in [0.29, 0.717) is 39.0 Å². The Morgan fingerprint density at radius 3 is 1.83 bits per heavy atom. The molecule has 5 aromatic carbocycles. The third kappa shape index (κ3) is 5.95. The van der Waals surface area contributed by atoms with Gasteiger partial charge in [0.15, 0.2) is 34.5 Å². The number of carbonyl (C=O) groups is 2. The second-order valence-corrected chi connectivity index (χ2v) is 19.7. The van der Waals surface area contributed by atoms with E-state index >= 15 is 4.79 Å². The van der Waals surface area contributed by atoms with Crippen molar-refractivity contribution >= 4 is 52.0 Å². The van der Waals surface area contributed by atoms with Crippen LogP contribution in [-0.4, -0.2) is 68.5 Å². The number of carbonyl (C=O) groups excluding carboxylic acids is 2. The topological polar surface area (TPSA) is 147 Å². The van der Waals surface area contributed by atoms with Crippen molar-refractivity contribution in [1.82, 2.24) is 0 Å². The van der Waals surface area contributed by atoms with E-state index in [0.717, 1.165) is 10.4 Å². The van der Waals surface area contributed by atoms with Gasteiger partial charge < -0.3 is 46.7 Å². The molecular weight excluding hydrogens is 789 g/mol. The van der Waals surface area contributed by atoms with Crippen molar-refractivity contribution < 1.29 is 56.3 Å². The molecule has 2 atom stereocenters. The van der Waals surface area contributed by atoms with Gasteiger partial charge >= 0.3 is 17.4 Å². The second-order valence-electron chi connectivity index (χ2n) is 15.5. The average Bonchev–Trinajstić information content (AvgIpc) is 3.51. The van der Waals surface area contributed by atoms with Gasteiger partial charge in [-0.15, -0.1) is 0 Å². The van der Waals surface area contributed by atoms with Gasteiger partial charge in [-0.25, -0.2) is 9.59 Å². The Kier molecular flexibility index (Phi) is 10.0. The highest BCUT2D eigenvalue weighted by Gasteiger charge is 2.60. The van der Waals surface area contributed by atoms with Crippen LogP contribution in [0.2, 0.25) is 5.04 Å². The van der Waals surface area contributed by atoms with Gasteiger partial charge in [0.25, 0.3) is 14.1 Å². The van der Waals surface area contributed by atoms with Crippen molar-refractivity contribution in [2.75, 3.05) is 42.7 Å². The number of hydrogen-bond donors (Lipinski definition) is 0. The van der Waals surface area contributed by atoms with Crippen LogP contribution in [0.25, 0.3) is 21.5 Å². The van der Waals surface area contributed by atoms with Gasteiger partial charge in [0.2, 0.25) is 5.76 Å². The van der Waals surface area contributed by atoms with Gasteiger partial charge in [0.05, 0.1) is 66.1 Å². The van der Waals surface area contributed by atoms with E-state index in [4.69, 9.17) is 46.7 Å². The van der Waals surface area contributed by atoms with E-state index < -0.39 is 42.6 Å². The lowest BCUT2D eigenvalue weighted by molar-refractivity contribution is -0.108. The second kappa shape index (κ2) is 14.9. The molecule has 8 rings (SSSR count). The van der Waals surface area contributed by atoms with Crippen molar-refractivity contribution in [1.29, 1.82) is 0 Å². The average molecular weight is 833 g/mol. The summed E-state index contributed by atoms with van der Waals surface area (Å²) in [5.74, 6) is -2.40. The molecule has 0 bridgehead atoms. The van der Waals surface area contributed by atoms with Crippen LogP contribution < -0.4 is 49.2 Å². The molecule has 6 aromatic rings. The maximum atomic E-state index is 15.3. The van der Waals surface area contributed by atoms with Crippen LogP contribution >= 0.6 is 0 Å². The number of Topliss-reactive ketones (excluding diaryl/α,β-unsaturated/α-hetero) is 1. The van der Waals surface area contributed by atoms with Gasteiger partial charge in [-0.05, 0) is 39.0 Å². The number of esters is 1. The molecular formula is C46H44O13Si. The number of fused-ring (bicyclic) bond motifs is 4. The van der Waals surface area contributed by atoms with Crippen molar-refractivity contribution in [3.05, 3.63) is 112 Å². The van der Waals surface area contributed by atoms with Crippen LogP contribution in [0, 0.1) is 0 Å². The molecule has 310 valence electrons. The highest BCUT2D eigenvalue weighted by Crippen LogP contribution is 2.58. The third-order valence-electron chi connectivity index (χ3n) is 11.3. The maximum absolute atomic E-state index is 15.3. The van der Waals surface area contributed by atoms with E-state index in [9.17, 15) is 9.59 Å². The van der Waals surface area contributed by atoms with Crippen molar-refractivity contribution in [3.63, 3.8) is 0 Å². The Morgan fingerprint density at radius 1 is 0.700 bits per heavy atom. The highest BCUT2D eigenvalue weighted by atomic mass is 28.4. The summed E-state index contributed by atoms with van der Waals surface area (Å²) in [6.07, 6.45) is -1.11. The zero-order valence-electron chi connectivity index (χ0n) is 34.7. The molecule has 13 nitrogen and oxygen atoms in total. The van der Waals surface area contributed by atoms with Gasteiger partial charge in [0.1, 0.15) is 11.1 Å². The Bertz CT molecular complexity index is 2700. The first kappa shape index (κ1) is 40.3. The van der Waals surface area contributed by atoms with Crippen molar-refractivity contribution in [2.24, 2.45) is 0 Å². The molecule has 0 saturated heterocycles. The quantitative estimate of drug-likeness (QED) is 0.102. The third-order valence-corrected chi connectivity index (χ3v) is 16.3. The van der Waals surface area contributed by atoms with E-state index in [1.807, 2.05) is 36.4 Å². The van der Waals surface area contributed by atoms with Crippen molar-refractivity contribution in [3.8, 4) is 40.2 Å². The molecule has 60 heavy (non-hydrogen) atoms. The summed E-state index contributed by atoms with van der Waals surface area (Å²) in [6.45, 7) is 6.42. The number of ketones is 1. The standard InChI is InChI=1S/C46H44O13Si/c1-45(2,3)60(26-16-12-10-13-17-26,27-18-14-11-15-19-27)59-34-24-46(57-37-29(34)20-25-21-33(43(48)55-9)56-44(49)35(25)40(37)53-7)42(47)30-22-28-31(50-4)23-32(51-5)39(52-6)36(28)41(54-8)38(30)58-46/h10-23,34H,24H2,1-9H3. The summed E-state index contributed by atoms with van der Waals surface area (Å²) in [4.78, 5) is 41.7. The smallest absolute Gasteiger partial charge is 0.374 e. The Hall–Kier alpha value is -6.51. The lowest BCUT2D eigenvalue weighted by Crippen LogP contribution is -2.67. The number of rotatable bonds is 10. The number of methoxy groups -OCH3 is 6. The lowest BCUT2D eigenvalue weighted by atomic mass is 9.90. The molecule has 0 fully saturated rings. The van der Waals surface area contributed by atoms with E-state index in [2.05, 4.69) is 45.0 Å². The van der Waals surface area contributed by atoms with Crippen LogP contribution in [0.5, 0.6) is 40.2 Å². The minimum absolute atomic E-state index is 0.0267. The fraction of sp³-hybridized carbons (Fsp3) is 0.283. The fourth-order valence-corrected chi connectivity index (χ4v) is 13.3. The zero-order chi connectivity index (χ0) is 42.7. The normalized spacial score (nSPS) is 17.1. The minimum atomic E-state index is -3.40. The SMILES string of the molecule is COC(=O)c1cc2cc3c(c(OC)c2c(=O)o1)OC1(CC3O[Si](c2ccccc2)(c2ccccc2)C(C)(C)C)Oc2c(cc3c(OC)cc(OC)c(OC)c3c2OC)C1=O. The summed E-state index contributed by atoms with van der Waals surface area (Å²) in [6, 6.07) is 26.5. The summed E-state index contributed by atoms with van der Waals surface area (Å²) < 4.78 is 61.0. The molecule has 2 aliphatic rings. The minimum Gasteiger partial charge on any atom is -0.496 e. The first-order valence-corrected chi connectivity index (χ1v) is 21.0. The van der Waals surface area contributed by atoms with Crippen LogP contribution in [0.1, 0.15) is 59.8 Å². The predicted molar refractivity (Wildman–Crippen MR) is 225 cm³/mol. The first-order chi connectivity index (χ1) is 28.8. The molecule has 0 amide bonds. The molecule has 3 heterocycles. The summed E-state index contributed by atoms with van der Waals surface area (Å²) in [5.41, 5.74) is -0.278. The largest absolute Gasteiger partial charge is 0.496 e. The Morgan fingerprint density at radius 2 is 1.28 bits per heavy atom. The van der Waals surface area contributed by atoms with Gasteiger partial charge in [0, 0.05) is 17.0 Å². The number of benzene rings is 5. The van der Waals surface area contributed by atoms with Gasteiger partial charge in [-0.2, -0.15) is 0 Å². The number of hydrogen-bond acceptors (Lipinski definition) is 13. The maximum Gasteiger partial charge on any atom is 0.374 e.